The van der Waals surface area contributed by atoms with E-state index in [2.05, 4.69) is 11.4 Å². The number of rotatable bonds is 7. The minimum absolute atomic E-state index is 0.00161. The van der Waals surface area contributed by atoms with Gasteiger partial charge in [0.1, 0.15) is 17.5 Å². The molecular weight excluding hydrogens is 675 g/mol. The Morgan fingerprint density at radius 1 is 0.939 bits per heavy atom. The van der Waals surface area contributed by atoms with Crippen LogP contribution in [0.1, 0.15) is 73.7 Å². The summed E-state index contributed by atoms with van der Waals surface area (Å²) in [6.07, 6.45) is -8.54. The van der Waals surface area contributed by atoms with Gasteiger partial charge in [0.25, 0.3) is 0 Å². The van der Waals surface area contributed by atoms with Gasteiger partial charge in [-0.05, 0) is 101 Å². The lowest BCUT2D eigenvalue weighted by atomic mass is 9.79. The molecule has 262 valence electrons. The number of carbonyl (C=O) groups excluding carboxylic acids is 2. The highest BCUT2D eigenvalue weighted by atomic mass is 32.1. The fraction of sp³-hybridized carbons (Fsp3) is 0.400. The Morgan fingerprint density at radius 3 is 2.02 bits per heavy atom. The number of nitrogens with zero attached hydrogens (tertiary/aromatic N) is 2. The monoisotopic (exact) mass is 709 g/mol. The van der Waals surface area contributed by atoms with Crippen molar-refractivity contribution in [2.75, 3.05) is 25.0 Å². The van der Waals surface area contributed by atoms with Crippen LogP contribution in [-0.2, 0) is 27.3 Å². The maximum atomic E-state index is 14.1. The van der Waals surface area contributed by atoms with E-state index in [-0.39, 0.29) is 23.9 Å². The van der Waals surface area contributed by atoms with Gasteiger partial charge in [-0.2, -0.15) is 31.6 Å². The molecule has 14 heteroatoms. The van der Waals surface area contributed by atoms with Gasteiger partial charge in [0.05, 0.1) is 44.1 Å². The zero-order valence-electron chi connectivity index (χ0n) is 27.5. The Balaban J connectivity index is 1.73. The summed E-state index contributed by atoms with van der Waals surface area (Å²) in [6.45, 7) is 9.29. The van der Waals surface area contributed by atoms with Crippen LogP contribution in [0.15, 0.2) is 42.5 Å². The van der Waals surface area contributed by atoms with Crippen molar-refractivity contribution in [3.8, 4) is 16.5 Å². The lowest BCUT2D eigenvalue weighted by Crippen LogP contribution is -2.39. The molecule has 4 rings (SSSR count). The highest BCUT2D eigenvalue weighted by Gasteiger charge is 2.40. The summed E-state index contributed by atoms with van der Waals surface area (Å²) in [5.41, 5.74) is -3.92. The van der Waals surface area contributed by atoms with Crippen LogP contribution in [-0.4, -0.2) is 42.0 Å². The highest BCUT2D eigenvalue weighted by Crippen LogP contribution is 2.46. The first-order valence-electron chi connectivity index (χ1n) is 15.1. The number of amides is 1. The first kappa shape index (κ1) is 37.4. The zero-order chi connectivity index (χ0) is 36.7. The van der Waals surface area contributed by atoms with Crippen molar-refractivity contribution >= 4 is 34.5 Å². The van der Waals surface area contributed by atoms with E-state index in [9.17, 15) is 45.6 Å². The molecule has 1 aromatic heterocycles. The van der Waals surface area contributed by atoms with Crippen molar-refractivity contribution in [2.24, 2.45) is 0 Å². The maximum Gasteiger partial charge on any atom is 0.416 e. The second kappa shape index (κ2) is 13.5. The van der Waals surface area contributed by atoms with E-state index in [0.717, 1.165) is 5.57 Å². The van der Waals surface area contributed by atoms with Gasteiger partial charge in [0.15, 0.2) is 5.78 Å². The number of ether oxygens (including phenoxy) is 1. The molecule has 1 amide bonds. The van der Waals surface area contributed by atoms with E-state index in [1.54, 1.807) is 33.8 Å². The Hall–Kier alpha value is -4.38. The SMILES string of the molecule is Cc1cc(F)ccc1-c1sc(C2=CCN(C(=O)OC(C)(C)C)CC2)c(C#N)c1NCC(=O)C(C)(C)c1cc(C(F)(F)F)cc(C(F)(F)F)c1. The Morgan fingerprint density at radius 2 is 1.53 bits per heavy atom. The predicted molar refractivity (Wildman–Crippen MR) is 173 cm³/mol. The summed E-state index contributed by atoms with van der Waals surface area (Å²) in [4.78, 5) is 28.7. The standard InChI is InChI=1S/C35H34F7N3O3S/c1-19-13-24(36)7-8-25(19)30-28(26(17-43)29(49-30)20-9-11-45(12-10-20)31(47)48-32(2,3)4)44-18-27(46)33(5,6)21-14-22(34(37,38)39)16-23(15-21)35(40,41)42/h7-9,13-16,44H,10-12,18H2,1-6H3. The Kier molecular flexibility index (Phi) is 10.3. The lowest BCUT2D eigenvalue weighted by molar-refractivity contribution is -0.143. The predicted octanol–water partition coefficient (Wildman–Crippen LogP) is 9.75. The molecule has 0 fully saturated rings. The van der Waals surface area contributed by atoms with Gasteiger partial charge in [-0.1, -0.05) is 12.1 Å². The van der Waals surface area contributed by atoms with Crippen molar-refractivity contribution in [2.45, 2.75) is 71.3 Å². The second-order valence-corrected chi connectivity index (χ2v) is 14.2. The Labute approximate surface area is 283 Å². The molecule has 0 bridgehead atoms. The number of alkyl halides is 6. The third-order valence-electron chi connectivity index (χ3n) is 8.04. The summed E-state index contributed by atoms with van der Waals surface area (Å²) in [6, 6.07) is 7.25. The van der Waals surface area contributed by atoms with Gasteiger partial charge in [-0.3, -0.25) is 4.79 Å². The van der Waals surface area contributed by atoms with E-state index in [4.69, 9.17) is 4.74 Å². The minimum atomic E-state index is -5.10. The number of hydrogen-bond acceptors (Lipinski definition) is 6. The molecule has 0 radical (unpaired) electrons. The van der Waals surface area contributed by atoms with Crippen LogP contribution in [0.4, 0.5) is 41.2 Å². The largest absolute Gasteiger partial charge is 0.444 e. The molecule has 0 saturated heterocycles. The second-order valence-electron chi connectivity index (χ2n) is 13.2. The number of aryl methyl sites for hydroxylation is 1. The number of anilines is 1. The average Bonchev–Trinajstić information content (AvgIpc) is 3.36. The van der Waals surface area contributed by atoms with Gasteiger partial charge in [-0.25, -0.2) is 9.18 Å². The molecule has 2 aromatic carbocycles. The molecule has 1 aliphatic rings. The van der Waals surface area contributed by atoms with Crippen LogP contribution in [0, 0.1) is 24.1 Å². The van der Waals surface area contributed by atoms with E-state index in [0.29, 0.717) is 46.0 Å². The average molecular weight is 710 g/mol. The molecule has 3 aromatic rings. The van der Waals surface area contributed by atoms with Crippen LogP contribution in [0.2, 0.25) is 0 Å². The molecule has 1 aliphatic heterocycles. The third-order valence-corrected chi connectivity index (χ3v) is 9.34. The summed E-state index contributed by atoms with van der Waals surface area (Å²) < 4.78 is 101. The van der Waals surface area contributed by atoms with Crippen LogP contribution >= 0.6 is 11.3 Å². The van der Waals surface area contributed by atoms with Crippen LogP contribution in [0.5, 0.6) is 0 Å². The molecule has 0 unspecified atom stereocenters. The van der Waals surface area contributed by atoms with Crippen LogP contribution < -0.4 is 5.32 Å². The van der Waals surface area contributed by atoms with Crippen LogP contribution in [0.3, 0.4) is 0 Å². The highest BCUT2D eigenvalue weighted by molar-refractivity contribution is 7.17. The number of nitrogens with one attached hydrogen (secondary N) is 1. The van der Waals surface area contributed by atoms with Gasteiger partial charge < -0.3 is 15.0 Å². The zero-order valence-corrected chi connectivity index (χ0v) is 28.4. The number of ketones is 1. The molecule has 0 aliphatic carbocycles. The fourth-order valence-corrected chi connectivity index (χ4v) is 6.62. The summed E-state index contributed by atoms with van der Waals surface area (Å²) >= 11 is 1.20. The summed E-state index contributed by atoms with van der Waals surface area (Å²) in [7, 11) is 0. The quantitative estimate of drug-likeness (QED) is 0.247. The Bertz CT molecular complexity index is 1810. The molecule has 2 heterocycles. The smallest absolute Gasteiger partial charge is 0.416 e. The summed E-state index contributed by atoms with van der Waals surface area (Å²) in [5, 5.41) is 13.3. The molecule has 0 spiro atoms. The molecule has 1 N–H and O–H groups in total. The van der Waals surface area contributed by atoms with Crippen molar-refractivity contribution < 1.29 is 45.1 Å². The van der Waals surface area contributed by atoms with Gasteiger partial charge in [0.2, 0.25) is 0 Å². The molecule has 0 atom stereocenters. The fourth-order valence-electron chi connectivity index (χ4n) is 5.24. The van der Waals surface area contributed by atoms with Gasteiger partial charge in [0, 0.05) is 13.1 Å². The number of halogens is 7. The maximum absolute atomic E-state index is 14.1. The van der Waals surface area contributed by atoms with Crippen molar-refractivity contribution in [3.05, 3.63) is 81.0 Å². The topological polar surface area (TPSA) is 82.4 Å². The summed E-state index contributed by atoms with van der Waals surface area (Å²) in [5.74, 6) is -1.25. The first-order chi connectivity index (χ1) is 22.5. The van der Waals surface area contributed by atoms with Crippen LogP contribution in [0.25, 0.3) is 16.0 Å². The van der Waals surface area contributed by atoms with E-state index in [1.165, 1.54) is 48.3 Å². The van der Waals surface area contributed by atoms with Crippen molar-refractivity contribution in [1.29, 1.82) is 5.26 Å². The molecular formula is C35H34F7N3O3S. The number of benzene rings is 2. The van der Waals surface area contributed by atoms with Crippen molar-refractivity contribution in [3.63, 3.8) is 0 Å². The molecule has 49 heavy (non-hydrogen) atoms. The first-order valence-corrected chi connectivity index (χ1v) is 15.9. The number of thiophene rings is 1. The van der Waals surface area contributed by atoms with E-state index < -0.39 is 64.3 Å². The van der Waals surface area contributed by atoms with Crippen molar-refractivity contribution in [1.82, 2.24) is 4.90 Å². The molecule has 6 nitrogen and oxygen atoms in total. The normalized spacial score (nSPS) is 14.3. The van der Waals surface area contributed by atoms with Gasteiger partial charge in [-0.15, -0.1) is 11.3 Å². The third kappa shape index (κ3) is 8.44. The van der Waals surface area contributed by atoms with Gasteiger partial charge >= 0.3 is 18.4 Å². The number of nitriles is 1. The van der Waals surface area contributed by atoms with E-state index >= 15 is 0 Å². The van der Waals surface area contributed by atoms with E-state index in [1.807, 2.05) is 0 Å². The number of carbonyl (C=O) groups is 2. The molecule has 0 saturated carbocycles. The number of Topliss-reactive ketones (excluding diaryl/α,β-unsaturated/α-hetero) is 1. The number of hydrogen-bond donors (Lipinski definition) is 1. The lowest BCUT2D eigenvalue weighted by Gasteiger charge is -2.29. The minimum Gasteiger partial charge on any atom is -0.444 e.